The molecular weight excluding hydrogens is 246 g/mol. The smallest absolute Gasteiger partial charge is 0.161 e. The molecule has 0 radical (unpaired) electrons. The van der Waals surface area contributed by atoms with Crippen molar-refractivity contribution in [3.63, 3.8) is 0 Å². The highest BCUT2D eigenvalue weighted by Crippen LogP contribution is 2.25. The summed E-state index contributed by atoms with van der Waals surface area (Å²) in [5, 5.41) is 1.67. The van der Waals surface area contributed by atoms with Crippen molar-refractivity contribution in [1.82, 2.24) is 4.57 Å². The zero-order valence-corrected chi connectivity index (χ0v) is 11.2. The van der Waals surface area contributed by atoms with Gasteiger partial charge in [-0.1, -0.05) is 23.7 Å². The highest BCUT2D eigenvalue weighted by molar-refractivity contribution is 6.31. The van der Waals surface area contributed by atoms with Gasteiger partial charge in [-0.05, 0) is 31.9 Å². The number of aromatic nitrogens is 1. The first-order valence-corrected chi connectivity index (χ1v) is 6.41. The van der Waals surface area contributed by atoms with Crippen LogP contribution in [0.15, 0.2) is 37.1 Å². The summed E-state index contributed by atoms with van der Waals surface area (Å²) >= 11 is 6.03. The van der Waals surface area contributed by atoms with Crippen LogP contribution < -0.4 is 0 Å². The molecule has 0 N–H and O–H groups in total. The van der Waals surface area contributed by atoms with Gasteiger partial charge in [0.2, 0.25) is 0 Å². The van der Waals surface area contributed by atoms with E-state index in [1.54, 1.807) is 6.92 Å². The first-order chi connectivity index (χ1) is 8.63. The molecule has 1 aromatic carbocycles. The number of hydrogen-bond donors (Lipinski definition) is 0. The number of carbonyl (C=O) groups excluding carboxylic acids is 1. The number of allylic oxidation sites excluding steroid dienone is 1. The second-order valence-corrected chi connectivity index (χ2v) is 4.82. The number of aryl methyl sites for hydroxylation is 1. The molecule has 2 aromatic rings. The van der Waals surface area contributed by atoms with Crippen molar-refractivity contribution < 1.29 is 4.79 Å². The largest absolute Gasteiger partial charge is 0.347 e. The van der Waals surface area contributed by atoms with Crippen LogP contribution in [0.3, 0.4) is 0 Å². The van der Waals surface area contributed by atoms with Crippen molar-refractivity contribution in [2.24, 2.45) is 0 Å². The van der Waals surface area contributed by atoms with E-state index in [1.807, 2.05) is 30.5 Å². The van der Waals surface area contributed by atoms with Gasteiger partial charge < -0.3 is 4.57 Å². The van der Waals surface area contributed by atoms with Crippen LogP contribution in [-0.4, -0.2) is 10.4 Å². The maximum absolute atomic E-state index is 11.6. The second kappa shape index (κ2) is 5.40. The van der Waals surface area contributed by atoms with Gasteiger partial charge in [0, 0.05) is 28.7 Å². The standard InChI is InChI=1S/C15H16ClNO/c1-3-4-5-8-17-10-14(11(2)18)13-7-6-12(16)9-15(13)17/h3,6-7,9-10H,1,4-5,8H2,2H3. The van der Waals surface area contributed by atoms with Crippen molar-refractivity contribution in [1.29, 1.82) is 0 Å². The molecule has 0 fully saturated rings. The number of hydrogen-bond acceptors (Lipinski definition) is 1. The predicted octanol–water partition coefficient (Wildman–Crippen LogP) is 4.46. The number of halogens is 1. The highest BCUT2D eigenvalue weighted by atomic mass is 35.5. The summed E-state index contributed by atoms with van der Waals surface area (Å²) in [6.07, 6.45) is 5.81. The number of rotatable bonds is 5. The Morgan fingerprint density at radius 3 is 2.94 bits per heavy atom. The molecule has 18 heavy (non-hydrogen) atoms. The third kappa shape index (κ3) is 2.49. The number of unbranched alkanes of at least 4 members (excludes halogenated alkanes) is 1. The average Bonchev–Trinajstić information content (AvgIpc) is 2.68. The fraction of sp³-hybridized carbons (Fsp3) is 0.267. The molecule has 2 nitrogen and oxygen atoms in total. The van der Waals surface area contributed by atoms with Crippen LogP contribution in [0, 0.1) is 0 Å². The van der Waals surface area contributed by atoms with E-state index < -0.39 is 0 Å². The number of Topliss-reactive ketones (excluding diaryl/α,β-unsaturated/α-hetero) is 1. The Kier molecular flexibility index (Phi) is 3.87. The van der Waals surface area contributed by atoms with Crippen LogP contribution >= 0.6 is 11.6 Å². The Morgan fingerprint density at radius 1 is 1.50 bits per heavy atom. The molecular formula is C15H16ClNO. The SMILES string of the molecule is C=CCCCn1cc(C(C)=O)c2ccc(Cl)cc21. The van der Waals surface area contributed by atoms with Gasteiger partial charge in [-0.25, -0.2) is 0 Å². The minimum atomic E-state index is 0.0878. The Hall–Kier alpha value is -1.54. The fourth-order valence-electron chi connectivity index (χ4n) is 2.14. The Labute approximate surface area is 112 Å². The molecule has 0 saturated heterocycles. The summed E-state index contributed by atoms with van der Waals surface area (Å²) in [5.41, 5.74) is 1.79. The maximum Gasteiger partial charge on any atom is 0.161 e. The van der Waals surface area contributed by atoms with Crippen LogP contribution in [0.2, 0.25) is 5.02 Å². The summed E-state index contributed by atoms with van der Waals surface area (Å²) in [6.45, 7) is 6.18. The molecule has 0 unspecified atom stereocenters. The summed E-state index contributed by atoms with van der Waals surface area (Å²) in [4.78, 5) is 11.6. The van der Waals surface area contributed by atoms with E-state index in [0.29, 0.717) is 5.02 Å². The number of ketones is 1. The summed E-state index contributed by atoms with van der Waals surface area (Å²) < 4.78 is 2.10. The lowest BCUT2D eigenvalue weighted by Gasteiger charge is -2.03. The van der Waals surface area contributed by atoms with Crippen molar-refractivity contribution >= 4 is 28.3 Å². The van der Waals surface area contributed by atoms with E-state index in [4.69, 9.17) is 11.6 Å². The van der Waals surface area contributed by atoms with Crippen LogP contribution in [0.25, 0.3) is 10.9 Å². The molecule has 1 aromatic heterocycles. The van der Waals surface area contributed by atoms with E-state index in [1.165, 1.54) is 0 Å². The lowest BCUT2D eigenvalue weighted by molar-refractivity contribution is 0.101. The molecule has 94 valence electrons. The summed E-state index contributed by atoms with van der Waals surface area (Å²) in [7, 11) is 0. The lowest BCUT2D eigenvalue weighted by Crippen LogP contribution is -1.95. The van der Waals surface area contributed by atoms with E-state index in [0.717, 1.165) is 35.9 Å². The first kappa shape index (κ1) is 12.9. The van der Waals surface area contributed by atoms with Crippen LogP contribution in [0.4, 0.5) is 0 Å². The number of nitrogens with zero attached hydrogens (tertiary/aromatic N) is 1. The molecule has 0 aliphatic heterocycles. The second-order valence-electron chi connectivity index (χ2n) is 4.38. The minimum Gasteiger partial charge on any atom is -0.347 e. The molecule has 0 aliphatic rings. The predicted molar refractivity (Wildman–Crippen MR) is 76.4 cm³/mol. The van der Waals surface area contributed by atoms with Gasteiger partial charge in [-0.2, -0.15) is 0 Å². The normalized spacial score (nSPS) is 10.8. The molecule has 0 saturated carbocycles. The zero-order valence-electron chi connectivity index (χ0n) is 10.4. The fourth-order valence-corrected chi connectivity index (χ4v) is 2.30. The quantitative estimate of drug-likeness (QED) is 0.442. The Morgan fingerprint density at radius 2 is 2.28 bits per heavy atom. The van der Waals surface area contributed by atoms with Gasteiger partial charge in [-0.15, -0.1) is 6.58 Å². The molecule has 0 bridgehead atoms. The first-order valence-electron chi connectivity index (χ1n) is 6.03. The van der Waals surface area contributed by atoms with E-state index >= 15 is 0 Å². The average molecular weight is 262 g/mol. The Bertz CT molecular complexity index is 598. The van der Waals surface area contributed by atoms with E-state index in [-0.39, 0.29) is 5.78 Å². The van der Waals surface area contributed by atoms with Crippen molar-refractivity contribution in [2.75, 3.05) is 0 Å². The van der Waals surface area contributed by atoms with Crippen LogP contribution in [-0.2, 0) is 6.54 Å². The van der Waals surface area contributed by atoms with Gasteiger partial charge >= 0.3 is 0 Å². The molecule has 0 spiro atoms. The highest BCUT2D eigenvalue weighted by Gasteiger charge is 2.11. The van der Waals surface area contributed by atoms with Gasteiger partial charge in [0.15, 0.2) is 5.78 Å². The lowest BCUT2D eigenvalue weighted by atomic mass is 10.1. The van der Waals surface area contributed by atoms with Crippen molar-refractivity contribution in [3.8, 4) is 0 Å². The number of fused-ring (bicyclic) bond motifs is 1. The van der Waals surface area contributed by atoms with Crippen LogP contribution in [0.1, 0.15) is 30.1 Å². The summed E-state index contributed by atoms with van der Waals surface area (Å²) in [6, 6.07) is 5.65. The van der Waals surface area contributed by atoms with Gasteiger partial charge in [0.05, 0.1) is 5.52 Å². The number of carbonyl (C=O) groups is 1. The topological polar surface area (TPSA) is 22.0 Å². The minimum absolute atomic E-state index is 0.0878. The third-order valence-electron chi connectivity index (χ3n) is 3.03. The zero-order chi connectivity index (χ0) is 13.1. The van der Waals surface area contributed by atoms with Crippen LogP contribution in [0.5, 0.6) is 0 Å². The molecule has 1 heterocycles. The van der Waals surface area contributed by atoms with Gasteiger partial charge in [0.25, 0.3) is 0 Å². The van der Waals surface area contributed by atoms with E-state index in [2.05, 4.69) is 11.1 Å². The number of benzene rings is 1. The van der Waals surface area contributed by atoms with Crippen molar-refractivity contribution in [3.05, 3.63) is 47.6 Å². The molecule has 3 heteroatoms. The molecule has 2 rings (SSSR count). The molecule has 0 aliphatic carbocycles. The van der Waals surface area contributed by atoms with E-state index in [9.17, 15) is 4.79 Å². The van der Waals surface area contributed by atoms with Crippen molar-refractivity contribution in [2.45, 2.75) is 26.3 Å². The third-order valence-corrected chi connectivity index (χ3v) is 3.27. The Balaban J connectivity index is 2.47. The van der Waals surface area contributed by atoms with Gasteiger partial charge in [-0.3, -0.25) is 4.79 Å². The molecule has 0 amide bonds. The summed E-state index contributed by atoms with van der Waals surface area (Å²) in [5.74, 6) is 0.0878. The monoisotopic (exact) mass is 261 g/mol. The van der Waals surface area contributed by atoms with Gasteiger partial charge in [0.1, 0.15) is 0 Å². The molecule has 0 atom stereocenters. The maximum atomic E-state index is 11.6.